The van der Waals surface area contributed by atoms with Crippen molar-refractivity contribution < 1.29 is 5.11 Å². The third kappa shape index (κ3) is 4.33. The van der Waals surface area contributed by atoms with Gasteiger partial charge in [0.2, 0.25) is 0 Å². The monoisotopic (exact) mass is 280 g/mol. The lowest BCUT2D eigenvalue weighted by Gasteiger charge is -2.00. The summed E-state index contributed by atoms with van der Waals surface area (Å²) >= 11 is 1.76. The molecule has 19 heavy (non-hydrogen) atoms. The second kappa shape index (κ2) is 6.68. The maximum Gasteiger partial charge on any atom is 0.0930 e. The highest BCUT2D eigenvalue weighted by Gasteiger charge is 2.05. The van der Waals surface area contributed by atoms with Crippen molar-refractivity contribution in [3.8, 4) is 0 Å². The van der Waals surface area contributed by atoms with Crippen molar-refractivity contribution in [3.63, 3.8) is 0 Å². The third-order valence-electron chi connectivity index (χ3n) is 2.61. The molecule has 2 rings (SSSR count). The quantitative estimate of drug-likeness (QED) is 0.815. The van der Waals surface area contributed by atoms with Crippen LogP contribution in [0.15, 0.2) is 18.6 Å². The minimum absolute atomic E-state index is 0.106. The van der Waals surface area contributed by atoms with Crippen LogP contribution in [0.1, 0.15) is 23.7 Å². The minimum atomic E-state index is 0.106. The molecule has 2 aromatic rings. The molecule has 6 heteroatoms. The maximum absolute atomic E-state index is 8.82. The van der Waals surface area contributed by atoms with Gasteiger partial charge in [-0.25, -0.2) is 4.98 Å². The Morgan fingerprint density at radius 2 is 2.26 bits per heavy atom. The SMILES string of the molecule is CC(C)Cc1ncc(CNc2cnn(CCO)c2)s1. The van der Waals surface area contributed by atoms with Crippen molar-refractivity contribution in [2.75, 3.05) is 11.9 Å². The first kappa shape index (κ1) is 14.0. The van der Waals surface area contributed by atoms with Crippen LogP contribution in [0.4, 0.5) is 5.69 Å². The highest BCUT2D eigenvalue weighted by Crippen LogP contribution is 2.18. The molecule has 0 saturated heterocycles. The molecule has 104 valence electrons. The molecule has 0 atom stereocenters. The Bertz CT molecular complexity index is 506. The van der Waals surface area contributed by atoms with Crippen LogP contribution in [-0.4, -0.2) is 26.5 Å². The molecule has 0 fully saturated rings. The fraction of sp³-hybridized carbons (Fsp3) is 0.538. The summed E-state index contributed by atoms with van der Waals surface area (Å²) in [7, 11) is 0. The summed E-state index contributed by atoms with van der Waals surface area (Å²) in [6.45, 7) is 5.81. The average molecular weight is 280 g/mol. The van der Waals surface area contributed by atoms with E-state index in [-0.39, 0.29) is 6.61 Å². The van der Waals surface area contributed by atoms with Crippen molar-refractivity contribution in [2.24, 2.45) is 5.92 Å². The second-order valence-electron chi connectivity index (χ2n) is 4.89. The van der Waals surface area contributed by atoms with Gasteiger partial charge < -0.3 is 10.4 Å². The zero-order valence-corrected chi connectivity index (χ0v) is 12.2. The molecule has 0 saturated carbocycles. The van der Waals surface area contributed by atoms with Crippen molar-refractivity contribution in [3.05, 3.63) is 28.5 Å². The van der Waals surface area contributed by atoms with E-state index in [1.165, 1.54) is 9.88 Å². The smallest absolute Gasteiger partial charge is 0.0930 e. The zero-order chi connectivity index (χ0) is 13.7. The van der Waals surface area contributed by atoms with E-state index >= 15 is 0 Å². The molecule has 2 N–H and O–H groups in total. The summed E-state index contributed by atoms with van der Waals surface area (Å²) in [5.74, 6) is 0.642. The van der Waals surface area contributed by atoms with Crippen LogP contribution in [-0.2, 0) is 19.5 Å². The molecule has 2 heterocycles. The number of rotatable bonds is 7. The Balaban J connectivity index is 1.85. The van der Waals surface area contributed by atoms with E-state index in [9.17, 15) is 0 Å². The van der Waals surface area contributed by atoms with E-state index in [1.807, 2.05) is 12.4 Å². The summed E-state index contributed by atoms with van der Waals surface area (Å²) in [5.41, 5.74) is 0.965. The highest BCUT2D eigenvalue weighted by molar-refractivity contribution is 7.11. The molecule has 0 aliphatic heterocycles. The van der Waals surface area contributed by atoms with Gasteiger partial charge in [-0.3, -0.25) is 4.68 Å². The Morgan fingerprint density at radius 3 is 3.00 bits per heavy atom. The van der Waals surface area contributed by atoms with Gasteiger partial charge in [0, 0.05) is 23.7 Å². The third-order valence-corrected chi connectivity index (χ3v) is 3.63. The average Bonchev–Trinajstić information content (AvgIpc) is 2.96. The van der Waals surface area contributed by atoms with Crippen molar-refractivity contribution in [2.45, 2.75) is 33.4 Å². The van der Waals surface area contributed by atoms with E-state index in [0.29, 0.717) is 12.5 Å². The first-order chi connectivity index (χ1) is 9.17. The number of aromatic nitrogens is 3. The normalized spacial score (nSPS) is 11.2. The molecule has 5 nitrogen and oxygen atoms in total. The van der Waals surface area contributed by atoms with Crippen molar-refractivity contribution >= 4 is 17.0 Å². The largest absolute Gasteiger partial charge is 0.394 e. The fourth-order valence-corrected chi connectivity index (χ4v) is 2.82. The number of aliphatic hydroxyl groups is 1. The Morgan fingerprint density at radius 1 is 1.42 bits per heavy atom. The number of hydrogen-bond acceptors (Lipinski definition) is 5. The molecule has 0 aliphatic carbocycles. The lowest BCUT2D eigenvalue weighted by atomic mass is 10.1. The molecule has 0 amide bonds. The van der Waals surface area contributed by atoms with Gasteiger partial charge >= 0.3 is 0 Å². The lowest BCUT2D eigenvalue weighted by Crippen LogP contribution is -2.01. The molecule has 0 aromatic carbocycles. The molecule has 0 radical (unpaired) electrons. The van der Waals surface area contributed by atoms with Crippen LogP contribution in [0.25, 0.3) is 0 Å². The Hall–Kier alpha value is -1.40. The van der Waals surface area contributed by atoms with Gasteiger partial charge in [-0.2, -0.15) is 5.10 Å². The van der Waals surface area contributed by atoms with E-state index < -0.39 is 0 Å². The number of nitrogens with one attached hydrogen (secondary N) is 1. The minimum Gasteiger partial charge on any atom is -0.394 e. The first-order valence-corrected chi connectivity index (χ1v) is 7.30. The van der Waals surface area contributed by atoms with Gasteiger partial charge in [0.05, 0.1) is 36.6 Å². The van der Waals surface area contributed by atoms with Gasteiger partial charge in [-0.05, 0) is 5.92 Å². The molecular weight excluding hydrogens is 260 g/mol. The van der Waals surface area contributed by atoms with Crippen molar-refractivity contribution in [1.82, 2.24) is 14.8 Å². The van der Waals surface area contributed by atoms with Crippen LogP contribution < -0.4 is 5.32 Å². The topological polar surface area (TPSA) is 63.0 Å². The van der Waals surface area contributed by atoms with E-state index in [1.54, 1.807) is 22.2 Å². The zero-order valence-electron chi connectivity index (χ0n) is 11.3. The highest BCUT2D eigenvalue weighted by atomic mass is 32.1. The maximum atomic E-state index is 8.82. The van der Waals surface area contributed by atoms with E-state index in [4.69, 9.17) is 5.11 Å². The number of hydrogen-bond donors (Lipinski definition) is 2. The van der Waals surface area contributed by atoms with Gasteiger partial charge in [0.1, 0.15) is 0 Å². The standard InChI is InChI=1S/C13H20N4OS/c1-10(2)5-13-15-8-12(19-13)7-14-11-6-16-17(9-11)3-4-18/h6,8-10,14,18H,3-5,7H2,1-2H3. The van der Waals surface area contributed by atoms with Crippen LogP contribution >= 0.6 is 11.3 Å². The molecule has 0 unspecified atom stereocenters. The Kier molecular flexibility index (Phi) is 4.93. The lowest BCUT2D eigenvalue weighted by molar-refractivity contribution is 0.269. The molecule has 0 bridgehead atoms. The first-order valence-electron chi connectivity index (χ1n) is 6.48. The van der Waals surface area contributed by atoms with E-state index in [0.717, 1.165) is 18.7 Å². The summed E-state index contributed by atoms with van der Waals surface area (Å²) in [6.07, 6.45) is 6.64. The van der Waals surface area contributed by atoms with Gasteiger partial charge in [-0.15, -0.1) is 11.3 Å². The van der Waals surface area contributed by atoms with Gasteiger partial charge in [-0.1, -0.05) is 13.8 Å². The molecular formula is C13H20N4OS. The molecule has 0 aliphatic rings. The predicted octanol–water partition coefficient (Wildman–Crippen LogP) is 2.14. The number of nitrogens with zero attached hydrogens (tertiary/aromatic N) is 3. The molecule has 2 aromatic heterocycles. The van der Waals surface area contributed by atoms with Gasteiger partial charge in [0.15, 0.2) is 0 Å². The predicted molar refractivity (Wildman–Crippen MR) is 77.3 cm³/mol. The van der Waals surface area contributed by atoms with Crippen LogP contribution in [0.2, 0.25) is 0 Å². The summed E-state index contributed by atoms with van der Waals surface area (Å²) in [6, 6.07) is 0. The number of thiazole rings is 1. The summed E-state index contributed by atoms with van der Waals surface area (Å²) < 4.78 is 1.72. The van der Waals surface area contributed by atoms with Crippen LogP contribution in [0.5, 0.6) is 0 Å². The van der Waals surface area contributed by atoms with Gasteiger partial charge in [0.25, 0.3) is 0 Å². The summed E-state index contributed by atoms with van der Waals surface area (Å²) in [4.78, 5) is 5.66. The Labute approximate surface area is 117 Å². The fourth-order valence-electron chi connectivity index (χ4n) is 1.74. The van der Waals surface area contributed by atoms with Crippen LogP contribution in [0.3, 0.4) is 0 Å². The second-order valence-corrected chi connectivity index (χ2v) is 6.09. The summed E-state index contributed by atoms with van der Waals surface area (Å²) in [5, 5.41) is 17.5. The number of anilines is 1. The van der Waals surface area contributed by atoms with Crippen LogP contribution in [0, 0.1) is 5.92 Å². The van der Waals surface area contributed by atoms with E-state index in [2.05, 4.69) is 29.2 Å². The van der Waals surface area contributed by atoms with Crippen molar-refractivity contribution in [1.29, 1.82) is 0 Å². The molecule has 0 spiro atoms. The number of aliphatic hydroxyl groups excluding tert-OH is 1.